The van der Waals surface area contributed by atoms with Gasteiger partial charge in [0.15, 0.2) is 0 Å². The molecule has 128 valence electrons. The summed E-state index contributed by atoms with van der Waals surface area (Å²) in [6.07, 6.45) is -2.58. The van der Waals surface area contributed by atoms with E-state index >= 15 is 0 Å². The largest absolute Gasteiger partial charge is 0.573 e. The van der Waals surface area contributed by atoms with Gasteiger partial charge in [-0.05, 0) is 36.2 Å². The van der Waals surface area contributed by atoms with E-state index < -0.39 is 6.36 Å². The Kier molecular flexibility index (Phi) is 5.62. The number of hydrogen-bond acceptors (Lipinski definition) is 4. The van der Waals surface area contributed by atoms with E-state index in [9.17, 15) is 18.0 Å². The number of carbonyl (C=O) groups excluding carboxylic acids is 1. The Bertz CT molecular complexity index is 688. The molecular formula is C16H16F3N3O2. The van der Waals surface area contributed by atoms with Crippen LogP contribution < -0.4 is 15.4 Å². The zero-order valence-electron chi connectivity index (χ0n) is 12.9. The van der Waals surface area contributed by atoms with Gasteiger partial charge in [-0.3, -0.25) is 4.79 Å². The van der Waals surface area contributed by atoms with Gasteiger partial charge in [-0.1, -0.05) is 12.1 Å². The lowest BCUT2D eigenvalue weighted by Crippen LogP contribution is -2.20. The number of alkyl halides is 3. The molecular weight excluding hydrogens is 323 g/mol. The Balaban J connectivity index is 1.92. The minimum atomic E-state index is -4.70. The normalized spacial score (nSPS) is 11.0. The van der Waals surface area contributed by atoms with Gasteiger partial charge in [-0.15, -0.1) is 13.2 Å². The molecule has 0 saturated heterocycles. The predicted molar refractivity (Wildman–Crippen MR) is 82.9 cm³/mol. The number of nitrogens with zero attached hydrogens (tertiary/aromatic N) is 1. The number of aromatic nitrogens is 1. The zero-order valence-corrected chi connectivity index (χ0v) is 12.9. The second-order valence-electron chi connectivity index (χ2n) is 4.85. The lowest BCUT2D eigenvalue weighted by molar-refractivity contribution is -0.274. The van der Waals surface area contributed by atoms with Crippen LogP contribution in [-0.4, -0.2) is 30.8 Å². The molecule has 0 aliphatic rings. The molecule has 8 heteroatoms. The third kappa shape index (κ3) is 5.15. The van der Waals surface area contributed by atoms with Gasteiger partial charge in [0.2, 0.25) is 0 Å². The molecule has 0 aliphatic carbocycles. The monoisotopic (exact) mass is 339 g/mol. The minimum Gasteiger partial charge on any atom is -0.406 e. The highest BCUT2D eigenvalue weighted by Crippen LogP contribution is 2.22. The van der Waals surface area contributed by atoms with Crippen LogP contribution in [0.3, 0.4) is 0 Å². The molecule has 1 aromatic carbocycles. The number of pyridine rings is 1. The van der Waals surface area contributed by atoms with Crippen molar-refractivity contribution in [2.75, 3.05) is 18.9 Å². The second-order valence-corrected chi connectivity index (χ2v) is 4.85. The maximum atomic E-state index is 12.1. The van der Waals surface area contributed by atoms with Crippen molar-refractivity contribution in [3.05, 3.63) is 53.7 Å². The van der Waals surface area contributed by atoms with Gasteiger partial charge < -0.3 is 15.4 Å². The molecule has 1 heterocycles. The van der Waals surface area contributed by atoms with Crippen LogP contribution in [0, 0.1) is 0 Å². The summed E-state index contributed by atoms with van der Waals surface area (Å²) in [6.45, 7) is 0.473. The fourth-order valence-electron chi connectivity index (χ4n) is 2.05. The molecule has 0 atom stereocenters. The summed E-state index contributed by atoms with van der Waals surface area (Å²) in [5, 5.41) is 5.58. The Labute approximate surface area is 136 Å². The average Bonchev–Trinajstić information content (AvgIpc) is 2.55. The lowest BCUT2D eigenvalue weighted by Gasteiger charge is -2.11. The third-order valence-electron chi connectivity index (χ3n) is 3.14. The predicted octanol–water partition coefficient (Wildman–Crippen LogP) is 2.99. The smallest absolute Gasteiger partial charge is 0.406 e. The first-order valence-corrected chi connectivity index (χ1v) is 7.14. The molecule has 24 heavy (non-hydrogen) atoms. The van der Waals surface area contributed by atoms with E-state index in [2.05, 4.69) is 20.4 Å². The second kappa shape index (κ2) is 7.67. The maximum absolute atomic E-state index is 12.1. The van der Waals surface area contributed by atoms with Gasteiger partial charge in [0.25, 0.3) is 5.91 Å². The first kappa shape index (κ1) is 17.6. The molecule has 1 aromatic heterocycles. The number of anilines is 1. The molecule has 5 nitrogen and oxygen atoms in total. The number of halogens is 3. The molecule has 0 saturated carbocycles. The molecule has 0 unspecified atom stereocenters. The third-order valence-corrected chi connectivity index (χ3v) is 3.14. The summed E-state index contributed by atoms with van der Waals surface area (Å²) in [7, 11) is 1.53. The van der Waals surface area contributed by atoms with Gasteiger partial charge in [0, 0.05) is 19.8 Å². The number of benzene rings is 1. The maximum Gasteiger partial charge on any atom is 0.573 e. The topological polar surface area (TPSA) is 63.2 Å². The van der Waals surface area contributed by atoms with E-state index in [-0.39, 0.29) is 11.7 Å². The fraction of sp³-hybridized carbons (Fsp3) is 0.250. The Morgan fingerprint density at radius 3 is 2.54 bits per heavy atom. The number of ether oxygens (including phenoxy) is 1. The van der Waals surface area contributed by atoms with Crippen molar-refractivity contribution in [3.63, 3.8) is 0 Å². The van der Waals surface area contributed by atoms with Gasteiger partial charge in [0.05, 0.1) is 5.56 Å². The number of hydrogen-bond donors (Lipinski definition) is 2. The van der Waals surface area contributed by atoms with Crippen LogP contribution in [0.15, 0.2) is 42.6 Å². The van der Waals surface area contributed by atoms with Gasteiger partial charge in [-0.2, -0.15) is 0 Å². The van der Waals surface area contributed by atoms with Crippen molar-refractivity contribution in [2.45, 2.75) is 12.8 Å². The van der Waals surface area contributed by atoms with Crippen LogP contribution in [0.4, 0.5) is 19.0 Å². The summed E-state index contributed by atoms with van der Waals surface area (Å²) < 4.78 is 40.1. The molecule has 0 spiro atoms. The van der Waals surface area contributed by atoms with Crippen molar-refractivity contribution < 1.29 is 22.7 Å². The van der Waals surface area contributed by atoms with Crippen molar-refractivity contribution in [1.82, 2.24) is 10.3 Å². The number of amides is 1. The molecule has 2 aromatic rings. The fourth-order valence-corrected chi connectivity index (χ4v) is 2.05. The summed E-state index contributed by atoms with van der Waals surface area (Å²) in [5.41, 5.74) is 1.25. The number of carbonyl (C=O) groups is 1. The van der Waals surface area contributed by atoms with Crippen molar-refractivity contribution in [1.29, 1.82) is 0 Å². The lowest BCUT2D eigenvalue weighted by atomic mass is 10.1. The van der Waals surface area contributed by atoms with Crippen LogP contribution in [0.2, 0.25) is 0 Å². The molecule has 0 fully saturated rings. The van der Waals surface area contributed by atoms with Crippen LogP contribution in [0.5, 0.6) is 5.75 Å². The van der Waals surface area contributed by atoms with E-state index in [1.54, 1.807) is 30.5 Å². The Hall–Kier alpha value is -2.77. The van der Waals surface area contributed by atoms with Crippen molar-refractivity contribution in [3.8, 4) is 5.75 Å². The highest BCUT2D eigenvalue weighted by molar-refractivity contribution is 5.98. The average molecular weight is 339 g/mol. The SMILES string of the molecule is CNC(=O)c1cccnc1NCCc1ccc(OC(F)(F)F)cc1. The van der Waals surface area contributed by atoms with E-state index in [1.165, 1.54) is 19.2 Å². The molecule has 0 radical (unpaired) electrons. The van der Waals surface area contributed by atoms with E-state index in [0.29, 0.717) is 24.3 Å². The first-order valence-electron chi connectivity index (χ1n) is 7.14. The number of nitrogens with one attached hydrogen (secondary N) is 2. The van der Waals surface area contributed by atoms with Crippen molar-refractivity contribution in [2.24, 2.45) is 0 Å². The van der Waals surface area contributed by atoms with Gasteiger partial charge in [0.1, 0.15) is 11.6 Å². The Morgan fingerprint density at radius 1 is 1.21 bits per heavy atom. The highest BCUT2D eigenvalue weighted by Gasteiger charge is 2.30. The van der Waals surface area contributed by atoms with E-state index in [4.69, 9.17) is 0 Å². The van der Waals surface area contributed by atoms with E-state index in [0.717, 1.165) is 5.56 Å². The Morgan fingerprint density at radius 2 is 1.92 bits per heavy atom. The van der Waals surface area contributed by atoms with Crippen LogP contribution in [0.25, 0.3) is 0 Å². The summed E-state index contributed by atoms with van der Waals surface area (Å²) in [5.74, 6) is -0.0565. The highest BCUT2D eigenvalue weighted by atomic mass is 19.4. The van der Waals surface area contributed by atoms with E-state index in [1.807, 2.05) is 0 Å². The molecule has 2 N–H and O–H groups in total. The molecule has 2 rings (SSSR count). The number of rotatable bonds is 6. The summed E-state index contributed by atoms with van der Waals surface area (Å²) in [4.78, 5) is 15.8. The minimum absolute atomic E-state index is 0.251. The standard InChI is InChI=1S/C16H16F3N3O2/c1-20-15(23)13-3-2-9-21-14(13)22-10-8-11-4-6-12(7-5-11)24-16(17,18)19/h2-7,9H,8,10H2,1H3,(H,20,23)(H,21,22). The van der Waals surface area contributed by atoms with Crippen LogP contribution >= 0.6 is 0 Å². The molecule has 0 aliphatic heterocycles. The molecule has 0 bridgehead atoms. The van der Waals surface area contributed by atoms with Gasteiger partial charge in [-0.25, -0.2) is 4.98 Å². The summed E-state index contributed by atoms with van der Waals surface area (Å²) >= 11 is 0. The van der Waals surface area contributed by atoms with Crippen molar-refractivity contribution >= 4 is 11.7 Å². The van der Waals surface area contributed by atoms with Gasteiger partial charge >= 0.3 is 6.36 Å². The van der Waals surface area contributed by atoms with Crippen LogP contribution in [0.1, 0.15) is 15.9 Å². The quantitative estimate of drug-likeness (QED) is 0.849. The molecule has 1 amide bonds. The summed E-state index contributed by atoms with van der Waals surface area (Å²) in [6, 6.07) is 8.95. The zero-order chi connectivity index (χ0) is 17.6. The van der Waals surface area contributed by atoms with Crippen LogP contribution in [-0.2, 0) is 6.42 Å². The first-order chi connectivity index (χ1) is 11.4.